The molecule has 1 aliphatic heterocycles. The van der Waals surface area contributed by atoms with Crippen molar-refractivity contribution in [2.75, 3.05) is 34.4 Å². The van der Waals surface area contributed by atoms with Crippen LogP contribution in [0, 0.1) is 6.92 Å². The topological polar surface area (TPSA) is 134 Å². The molecule has 2 N–H and O–H groups in total. The molecule has 3 rings (SSSR count). The van der Waals surface area contributed by atoms with Crippen molar-refractivity contribution in [3.05, 3.63) is 57.3 Å². The third-order valence-electron chi connectivity index (χ3n) is 5.37. The Kier molecular flexibility index (Phi) is 9.52. The van der Waals surface area contributed by atoms with Crippen LogP contribution >= 0.6 is 0 Å². The SMILES string of the molecule is CC.Cc1ccc(CNC(=O)c2nc3n(c(=O)c2O)CCOCC3N(C)C(=O)C(=O)N(C)C)cc1. The lowest BCUT2D eigenvalue weighted by Gasteiger charge is -2.28. The fourth-order valence-electron chi connectivity index (χ4n) is 3.36. The lowest BCUT2D eigenvalue weighted by Crippen LogP contribution is -2.44. The van der Waals surface area contributed by atoms with Crippen LogP contribution in [0.15, 0.2) is 29.1 Å². The summed E-state index contributed by atoms with van der Waals surface area (Å²) in [6, 6.07) is 6.59. The van der Waals surface area contributed by atoms with E-state index in [4.69, 9.17) is 4.74 Å². The van der Waals surface area contributed by atoms with E-state index < -0.39 is 40.8 Å². The smallest absolute Gasteiger partial charge is 0.312 e. The number of hydrogen-bond acceptors (Lipinski definition) is 7. The Balaban J connectivity index is 0.00000210. The van der Waals surface area contributed by atoms with E-state index in [1.54, 1.807) is 0 Å². The average Bonchev–Trinajstić information content (AvgIpc) is 3.08. The van der Waals surface area contributed by atoms with Crippen LogP contribution in [0.25, 0.3) is 0 Å². The molecule has 35 heavy (non-hydrogen) atoms. The molecule has 0 aliphatic carbocycles. The summed E-state index contributed by atoms with van der Waals surface area (Å²) in [4.78, 5) is 56.9. The number of fused-ring (bicyclic) bond motifs is 1. The maximum Gasteiger partial charge on any atom is 0.312 e. The number of hydrogen-bond donors (Lipinski definition) is 2. The van der Waals surface area contributed by atoms with Gasteiger partial charge in [-0.1, -0.05) is 43.7 Å². The second-order valence-corrected chi connectivity index (χ2v) is 8.00. The molecule has 1 atom stereocenters. The van der Waals surface area contributed by atoms with Crippen molar-refractivity contribution in [2.45, 2.75) is 39.9 Å². The average molecular weight is 488 g/mol. The summed E-state index contributed by atoms with van der Waals surface area (Å²) in [6.07, 6.45) is 0. The van der Waals surface area contributed by atoms with Crippen molar-refractivity contribution >= 4 is 17.7 Å². The first-order valence-electron chi connectivity index (χ1n) is 11.4. The van der Waals surface area contributed by atoms with Gasteiger partial charge in [-0.05, 0) is 12.5 Å². The van der Waals surface area contributed by atoms with Gasteiger partial charge in [0.2, 0.25) is 5.75 Å². The number of nitrogens with zero attached hydrogens (tertiary/aromatic N) is 4. The molecule has 0 bridgehead atoms. The predicted octanol–water partition coefficient (Wildman–Crippen LogP) is 0.831. The predicted molar refractivity (Wildman–Crippen MR) is 129 cm³/mol. The van der Waals surface area contributed by atoms with E-state index in [2.05, 4.69) is 10.3 Å². The maximum atomic E-state index is 12.8. The Morgan fingerprint density at radius 2 is 1.77 bits per heavy atom. The molecular weight excluding hydrogens is 454 g/mol. The zero-order valence-electron chi connectivity index (χ0n) is 21.0. The van der Waals surface area contributed by atoms with Crippen LogP contribution in [0.1, 0.15) is 47.3 Å². The Bertz CT molecular complexity index is 1130. The van der Waals surface area contributed by atoms with Gasteiger partial charge in [0, 0.05) is 27.7 Å². The van der Waals surface area contributed by atoms with Gasteiger partial charge in [0.05, 0.1) is 19.8 Å². The first-order valence-corrected chi connectivity index (χ1v) is 11.4. The molecule has 11 nitrogen and oxygen atoms in total. The van der Waals surface area contributed by atoms with Crippen molar-refractivity contribution in [1.29, 1.82) is 0 Å². The molecule has 0 fully saturated rings. The second-order valence-electron chi connectivity index (χ2n) is 8.00. The standard InChI is InChI=1S/C22H27N5O6.C2H6/c1-13-5-7-14(8-6-13)11-23-19(29)16-17(28)20(30)27-9-10-33-12-15(18(27)24-16)26(4)22(32)21(31)25(2)3;1-2/h5-8,15,28H,9-12H2,1-4H3,(H,23,29);1-2H3. The van der Waals surface area contributed by atoms with Gasteiger partial charge in [0.25, 0.3) is 11.5 Å². The van der Waals surface area contributed by atoms with Crippen LogP contribution in [-0.4, -0.2) is 76.5 Å². The summed E-state index contributed by atoms with van der Waals surface area (Å²) in [5, 5.41) is 13.0. The molecule has 11 heteroatoms. The number of likely N-dealkylation sites (N-methyl/N-ethyl adjacent to an activating group) is 2. The molecule has 1 aliphatic rings. The molecule has 1 aromatic heterocycles. The quantitative estimate of drug-likeness (QED) is 0.610. The zero-order chi connectivity index (χ0) is 26.3. The minimum atomic E-state index is -0.916. The highest BCUT2D eigenvalue weighted by Crippen LogP contribution is 2.23. The zero-order valence-corrected chi connectivity index (χ0v) is 21.0. The highest BCUT2D eigenvalue weighted by molar-refractivity contribution is 6.34. The lowest BCUT2D eigenvalue weighted by molar-refractivity contribution is -0.151. The monoisotopic (exact) mass is 487 g/mol. The first kappa shape index (κ1) is 27.5. The van der Waals surface area contributed by atoms with E-state index in [0.717, 1.165) is 25.5 Å². The second kappa shape index (κ2) is 12.1. The molecule has 3 amide bonds. The van der Waals surface area contributed by atoms with E-state index in [1.807, 2.05) is 45.0 Å². The van der Waals surface area contributed by atoms with Crippen LogP contribution in [0.4, 0.5) is 0 Å². The lowest BCUT2D eigenvalue weighted by atomic mass is 10.1. The number of aromatic hydroxyl groups is 1. The summed E-state index contributed by atoms with van der Waals surface area (Å²) in [5.74, 6) is -3.06. The third kappa shape index (κ3) is 6.24. The van der Waals surface area contributed by atoms with Crippen LogP contribution in [0.3, 0.4) is 0 Å². The molecular formula is C24H33N5O6. The van der Waals surface area contributed by atoms with Gasteiger partial charge in [-0.3, -0.25) is 23.7 Å². The van der Waals surface area contributed by atoms with Crippen LogP contribution in [0.5, 0.6) is 5.75 Å². The van der Waals surface area contributed by atoms with Crippen molar-refractivity contribution in [2.24, 2.45) is 0 Å². The van der Waals surface area contributed by atoms with Gasteiger partial charge in [-0.2, -0.15) is 0 Å². The molecule has 0 saturated heterocycles. The third-order valence-corrected chi connectivity index (χ3v) is 5.37. The van der Waals surface area contributed by atoms with Gasteiger partial charge in [0.15, 0.2) is 5.69 Å². The van der Waals surface area contributed by atoms with Crippen molar-refractivity contribution < 1.29 is 24.2 Å². The fourth-order valence-corrected chi connectivity index (χ4v) is 3.36. The van der Waals surface area contributed by atoms with Gasteiger partial charge in [0.1, 0.15) is 11.9 Å². The Labute approximate surface area is 204 Å². The summed E-state index contributed by atoms with van der Waals surface area (Å²) in [5.41, 5.74) is 0.627. The summed E-state index contributed by atoms with van der Waals surface area (Å²) < 4.78 is 6.67. The number of ether oxygens (including phenoxy) is 1. The summed E-state index contributed by atoms with van der Waals surface area (Å²) in [6.45, 7) is 6.28. The molecule has 2 aromatic rings. The molecule has 2 heterocycles. The van der Waals surface area contributed by atoms with E-state index in [-0.39, 0.29) is 32.1 Å². The van der Waals surface area contributed by atoms with E-state index in [1.165, 1.54) is 21.1 Å². The Morgan fingerprint density at radius 1 is 1.14 bits per heavy atom. The number of rotatable bonds is 4. The van der Waals surface area contributed by atoms with E-state index in [0.29, 0.717) is 0 Å². The number of nitrogens with one attached hydrogen (secondary N) is 1. The molecule has 1 aromatic carbocycles. The van der Waals surface area contributed by atoms with Gasteiger partial charge in [-0.15, -0.1) is 0 Å². The van der Waals surface area contributed by atoms with E-state index in [9.17, 15) is 24.3 Å². The number of carbonyl (C=O) groups excluding carboxylic acids is 3. The van der Waals surface area contributed by atoms with Crippen LogP contribution < -0.4 is 10.9 Å². The van der Waals surface area contributed by atoms with Gasteiger partial charge in [-0.25, -0.2) is 4.98 Å². The maximum absolute atomic E-state index is 12.8. The van der Waals surface area contributed by atoms with Crippen LogP contribution in [0.2, 0.25) is 0 Å². The minimum absolute atomic E-state index is 0.0371. The number of amides is 3. The number of benzene rings is 1. The Morgan fingerprint density at radius 3 is 2.37 bits per heavy atom. The number of aryl methyl sites for hydroxylation is 1. The van der Waals surface area contributed by atoms with Gasteiger partial charge < -0.3 is 25.0 Å². The van der Waals surface area contributed by atoms with Crippen molar-refractivity contribution in [3.63, 3.8) is 0 Å². The normalized spacial score (nSPS) is 14.5. The molecule has 1 unspecified atom stereocenters. The van der Waals surface area contributed by atoms with Crippen molar-refractivity contribution in [3.8, 4) is 5.75 Å². The first-order chi connectivity index (χ1) is 16.6. The Hall–Kier alpha value is -3.73. The number of aromatic nitrogens is 2. The molecule has 0 radical (unpaired) electrons. The number of carbonyl (C=O) groups is 3. The summed E-state index contributed by atoms with van der Waals surface area (Å²) >= 11 is 0. The van der Waals surface area contributed by atoms with Gasteiger partial charge >= 0.3 is 11.8 Å². The molecule has 0 saturated carbocycles. The highest BCUT2D eigenvalue weighted by Gasteiger charge is 2.34. The fraction of sp³-hybridized carbons (Fsp3) is 0.458. The highest BCUT2D eigenvalue weighted by atomic mass is 16.5. The largest absolute Gasteiger partial charge is 0.501 e. The van der Waals surface area contributed by atoms with E-state index >= 15 is 0 Å². The molecule has 190 valence electrons. The summed E-state index contributed by atoms with van der Waals surface area (Å²) in [7, 11) is 4.29. The van der Waals surface area contributed by atoms with Crippen molar-refractivity contribution in [1.82, 2.24) is 24.7 Å². The molecule has 0 spiro atoms. The van der Waals surface area contributed by atoms with Crippen LogP contribution in [-0.2, 0) is 27.4 Å². The minimum Gasteiger partial charge on any atom is -0.501 e.